The van der Waals surface area contributed by atoms with Crippen LogP contribution in [0.1, 0.15) is 51.9 Å². The Labute approximate surface area is 137 Å². The van der Waals surface area contributed by atoms with Crippen LogP contribution >= 0.6 is 0 Å². The minimum Gasteiger partial charge on any atom is -0.395 e. The van der Waals surface area contributed by atoms with Crippen LogP contribution in [0.2, 0.25) is 0 Å². The van der Waals surface area contributed by atoms with Gasteiger partial charge >= 0.3 is 0 Å². The van der Waals surface area contributed by atoms with E-state index in [0.717, 1.165) is 37.7 Å². The maximum Gasteiger partial charge on any atom is 0.167 e. The summed E-state index contributed by atoms with van der Waals surface area (Å²) in [5, 5.41) is 20.4. The van der Waals surface area contributed by atoms with Crippen LogP contribution in [0, 0.1) is 28.6 Å². The molecule has 23 heavy (non-hydrogen) atoms. The number of rotatable bonds is 1. The summed E-state index contributed by atoms with van der Waals surface area (Å²) in [6.45, 7) is 2.14. The highest BCUT2D eigenvalue weighted by molar-refractivity contribution is 5.92. The largest absolute Gasteiger partial charge is 0.395 e. The van der Waals surface area contributed by atoms with Crippen molar-refractivity contribution in [3.63, 3.8) is 0 Å². The molecule has 4 nitrogen and oxygen atoms in total. The molecule has 0 aromatic carbocycles. The Morgan fingerprint density at radius 3 is 2.70 bits per heavy atom. The lowest BCUT2D eigenvalue weighted by atomic mass is 9.47. The summed E-state index contributed by atoms with van der Waals surface area (Å²) >= 11 is 0. The second-order valence-corrected chi connectivity index (χ2v) is 8.44. The summed E-state index contributed by atoms with van der Waals surface area (Å²) in [4.78, 5) is 24.3. The van der Waals surface area contributed by atoms with Crippen LogP contribution in [0.5, 0.6) is 0 Å². The minimum atomic E-state index is -0.807. The van der Waals surface area contributed by atoms with Crippen molar-refractivity contribution in [1.82, 2.24) is 0 Å². The van der Waals surface area contributed by atoms with E-state index in [-0.39, 0.29) is 34.9 Å². The van der Waals surface area contributed by atoms with E-state index in [1.807, 2.05) is 6.92 Å². The van der Waals surface area contributed by atoms with E-state index in [0.29, 0.717) is 24.7 Å². The molecule has 3 saturated carbocycles. The number of aliphatic hydroxyl groups is 2. The quantitative estimate of drug-likeness (QED) is 0.776. The lowest BCUT2D eigenvalue weighted by Crippen LogP contribution is -2.53. The fraction of sp³-hybridized carbons (Fsp3) is 0.789. The fourth-order valence-electron chi connectivity index (χ4n) is 6.45. The van der Waals surface area contributed by atoms with Gasteiger partial charge in [-0.1, -0.05) is 12.5 Å². The van der Waals surface area contributed by atoms with Gasteiger partial charge in [-0.3, -0.25) is 9.59 Å². The molecule has 6 atom stereocenters. The standard InChI is InChI=1S/C19H26O4/c1-18-6-5-14-13(15(18)9-16(22)17(18)23)3-2-11-8-12(21)4-7-19(11,14)10-20/h8,13-16,20,22H,2-7,9-10H2,1H3. The van der Waals surface area contributed by atoms with E-state index < -0.39 is 6.10 Å². The third-order valence-corrected chi connectivity index (χ3v) is 7.70. The van der Waals surface area contributed by atoms with Crippen LogP contribution in [-0.2, 0) is 9.59 Å². The molecule has 4 aliphatic carbocycles. The molecule has 3 fully saturated rings. The van der Waals surface area contributed by atoms with Crippen LogP contribution in [0.3, 0.4) is 0 Å². The lowest BCUT2D eigenvalue weighted by molar-refractivity contribution is -0.138. The summed E-state index contributed by atoms with van der Waals surface area (Å²) in [6, 6.07) is 0. The molecule has 0 radical (unpaired) electrons. The average molecular weight is 318 g/mol. The van der Waals surface area contributed by atoms with Gasteiger partial charge in [0, 0.05) is 17.3 Å². The zero-order valence-corrected chi connectivity index (χ0v) is 13.8. The van der Waals surface area contributed by atoms with Crippen molar-refractivity contribution in [1.29, 1.82) is 0 Å². The average Bonchev–Trinajstić information content (AvgIpc) is 2.78. The van der Waals surface area contributed by atoms with Gasteiger partial charge in [0.15, 0.2) is 11.6 Å². The van der Waals surface area contributed by atoms with Crippen LogP contribution < -0.4 is 0 Å². The zero-order chi connectivity index (χ0) is 16.4. The molecule has 6 unspecified atom stereocenters. The Bertz CT molecular complexity index is 594. The van der Waals surface area contributed by atoms with E-state index >= 15 is 0 Å². The van der Waals surface area contributed by atoms with Gasteiger partial charge in [0.2, 0.25) is 0 Å². The van der Waals surface area contributed by atoms with Crippen LogP contribution in [-0.4, -0.2) is 34.5 Å². The number of Topliss-reactive ketones (excluding diaryl/α,β-unsaturated/α-hetero) is 1. The normalized spacial score (nSPS) is 49.3. The van der Waals surface area contributed by atoms with Crippen LogP contribution in [0.4, 0.5) is 0 Å². The molecule has 0 aliphatic heterocycles. The Morgan fingerprint density at radius 1 is 1.17 bits per heavy atom. The summed E-state index contributed by atoms with van der Waals surface area (Å²) < 4.78 is 0. The van der Waals surface area contributed by atoms with Crippen molar-refractivity contribution in [2.75, 3.05) is 6.61 Å². The topological polar surface area (TPSA) is 74.6 Å². The first kappa shape index (κ1) is 15.5. The minimum absolute atomic E-state index is 0.0270. The van der Waals surface area contributed by atoms with Crippen LogP contribution in [0.25, 0.3) is 0 Å². The highest BCUT2D eigenvalue weighted by Gasteiger charge is 2.62. The first-order valence-electron chi connectivity index (χ1n) is 8.99. The predicted octanol–water partition coefficient (Wildman–Crippen LogP) is 2.03. The Kier molecular flexibility index (Phi) is 3.37. The summed E-state index contributed by atoms with van der Waals surface area (Å²) in [5.74, 6) is 1.17. The molecular formula is C19H26O4. The first-order chi connectivity index (χ1) is 10.9. The number of hydrogen-bond acceptors (Lipinski definition) is 4. The van der Waals surface area contributed by atoms with Crippen molar-refractivity contribution in [2.24, 2.45) is 28.6 Å². The number of carbonyl (C=O) groups excluding carboxylic acids is 2. The van der Waals surface area contributed by atoms with Crippen molar-refractivity contribution in [3.05, 3.63) is 11.6 Å². The second-order valence-electron chi connectivity index (χ2n) is 8.44. The van der Waals surface area contributed by atoms with Gasteiger partial charge < -0.3 is 10.2 Å². The van der Waals surface area contributed by atoms with E-state index in [1.165, 1.54) is 0 Å². The third-order valence-electron chi connectivity index (χ3n) is 7.70. The molecule has 4 aliphatic rings. The Balaban J connectivity index is 1.73. The van der Waals surface area contributed by atoms with Gasteiger partial charge in [-0.2, -0.15) is 0 Å². The van der Waals surface area contributed by atoms with Crippen molar-refractivity contribution in [3.8, 4) is 0 Å². The van der Waals surface area contributed by atoms with E-state index in [2.05, 4.69) is 0 Å². The van der Waals surface area contributed by atoms with Crippen molar-refractivity contribution in [2.45, 2.75) is 58.0 Å². The van der Waals surface area contributed by atoms with Crippen molar-refractivity contribution < 1.29 is 19.8 Å². The maximum absolute atomic E-state index is 12.5. The highest BCUT2D eigenvalue weighted by Crippen LogP contribution is 2.64. The van der Waals surface area contributed by atoms with Gasteiger partial charge in [0.05, 0.1) is 6.61 Å². The van der Waals surface area contributed by atoms with E-state index in [1.54, 1.807) is 6.08 Å². The molecule has 4 heteroatoms. The molecule has 0 aromatic rings. The molecule has 0 heterocycles. The number of hydrogen-bond donors (Lipinski definition) is 2. The van der Waals surface area contributed by atoms with Gasteiger partial charge in [0.1, 0.15) is 6.10 Å². The van der Waals surface area contributed by atoms with Crippen molar-refractivity contribution >= 4 is 11.6 Å². The number of carbonyl (C=O) groups is 2. The van der Waals surface area contributed by atoms with Crippen LogP contribution in [0.15, 0.2) is 11.6 Å². The molecule has 126 valence electrons. The third kappa shape index (κ3) is 1.91. The maximum atomic E-state index is 12.5. The highest BCUT2D eigenvalue weighted by atomic mass is 16.3. The summed E-state index contributed by atoms with van der Waals surface area (Å²) in [7, 11) is 0. The molecule has 0 spiro atoms. The Hall–Kier alpha value is -1.00. The molecular weight excluding hydrogens is 292 g/mol. The van der Waals surface area contributed by atoms with Gasteiger partial charge in [0.25, 0.3) is 0 Å². The first-order valence-corrected chi connectivity index (χ1v) is 8.99. The fourth-order valence-corrected chi connectivity index (χ4v) is 6.45. The Morgan fingerprint density at radius 2 is 1.96 bits per heavy atom. The SMILES string of the molecule is CC12CCC3C(CCC4=CC(=O)CCC43CO)C1CC(O)C2=O. The number of aliphatic hydroxyl groups excluding tert-OH is 2. The van der Waals surface area contributed by atoms with Gasteiger partial charge in [-0.25, -0.2) is 0 Å². The number of ketones is 2. The lowest BCUT2D eigenvalue weighted by Gasteiger charge is -2.57. The monoisotopic (exact) mass is 318 g/mol. The van der Waals surface area contributed by atoms with E-state index in [4.69, 9.17) is 0 Å². The molecule has 0 saturated heterocycles. The molecule has 0 amide bonds. The van der Waals surface area contributed by atoms with Gasteiger partial charge in [-0.15, -0.1) is 0 Å². The molecule has 4 rings (SSSR count). The molecule has 0 bridgehead atoms. The molecule has 2 N–H and O–H groups in total. The summed E-state index contributed by atoms with van der Waals surface area (Å²) in [6.07, 6.45) is 6.38. The second kappa shape index (κ2) is 5.00. The summed E-state index contributed by atoms with van der Waals surface area (Å²) in [5.41, 5.74) is 0.503. The predicted molar refractivity (Wildman–Crippen MR) is 84.5 cm³/mol. The van der Waals surface area contributed by atoms with E-state index in [9.17, 15) is 19.8 Å². The van der Waals surface area contributed by atoms with Gasteiger partial charge in [-0.05, 0) is 62.4 Å². The molecule has 0 aromatic heterocycles. The number of fused-ring (bicyclic) bond motifs is 5. The zero-order valence-electron chi connectivity index (χ0n) is 13.8. The smallest absolute Gasteiger partial charge is 0.167 e.